The van der Waals surface area contributed by atoms with Crippen LogP contribution in [0.4, 0.5) is 0 Å². The van der Waals surface area contributed by atoms with E-state index in [1.807, 2.05) is 0 Å². The summed E-state index contributed by atoms with van der Waals surface area (Å²) in [6, 6.07) is 0. The number of nitrogens with one attached hydrogen (secondary N) is 1. The zero-order chi connectivity index (χ0) is 43.6. The SMILES string of the molecule is CCCCCCCCCCCCCCCCOCC(CN[C@@H]1O[C@H](CO)[C@@H](O[C@@H]2O[C@H](CO)[C@H](O)[C@H](O)[C@H]2O)[C@H](O)[C@H]1O)OCCCCCCCCCCCCCCCC. The van der Waals surface area contributed by atoms with E-state index in [0.29, 0.717) is 19.8 Å². The number of ether oxygens (including phenoxy) is 5. The second-order valence-electron chi connectivity index (χ2n) is 17.7. The smallest absolute Gasteiger partial charge is 0.187 e. The van der Waals surface area contributed by atoms with E-state index in [1.54, 1.807) is 0 Å². The van der Waals surface area contributed by atoms with E-state index in [0.717, 1.165) is 25.7 Å². The topological polar surface area (TPSA) is 200 Å². The molecule has 0 aromatic rings. The van der Waals surface area contributed by atoms with Crippen molar-refractivity contribution in [1.29, 1.82) is 0 Å². The average Bonchev–Trinajstić information content (AvgIpc) is 3.25. The van der Waals surface area contributed by atoms with E-state index in [2.05, 4.69) is 19.2 Å². The van der Waals surface area contributed by atoms with E-state index < -0.39 is 74.6 Å². The molecule has 2 fully saturated rings. The first-order valence-electron chi connectivity index (χ1n) is 24.8. The van der Waals surface area contributed by atoms with Crippen molar-refractivity contribution < 1.29 is 59.4 Å². The molecule has 13 nitrogen and oxygen atoms in total. The van der Waals surface area contributed by atoms with Gasteiger partial charge in [0, 0.05) is 19.8 Å². The lowest BCUT2D eigenvalue weighted by molar-refractivity contribution is -0.343. The molecule has 0 aromatic heterocycles. The van der Waals surface area contributed by atoms with Crippen LogP contribution in [0, 0.1) is 0 Å². The summed E-state index contributed by atoms with van der Waals surface area (Å²) in [6.07, 6.45) is 21.4. The van der Waals surface area contributed by atoms with Crippen molar-refractivity contribution >= 4 is 0 Å². The molecule has 0 saturated carbocycles. The molecule has 0 bridgehead atoms. The molecule has 1 unspecified atom stereocenters. The highest BCUT2D eigenvalue weighted by Crippen LogP contribution is 2.29. The van der Waals surface area contributed by atoms with Crippen LogP contribution in [0.3, 0.4) is 0 Å². The minimum Gasteiger partial charge on any atom is -0.394 e. The second-order valence-corrected chi connectivity index (χ2v) is 17.7. The molecule has 11 atom stereocenters. The van der Waals surface area contributed by atoms with Gasteiger partial charge in [0.05, 0.1) is 25.9 Å². The first-order valence-corrected chi connectivity index (χ1v) is 24.8. The maximum Gasteiger partial charge on any atom is 0.187 e. The Balaban J connectivity index is 1.75. The highest BCUT2D eigenvalue weighted by molar-refractivity contribution is 4.95. The van der Waals surface area contributed by atoms with Crippen LogP contribution < -0.4 is 5.32 Å². The standard InChI is InChI=1S/C47H93NO12/c1-3-5-7-9-11-13-15-17-19-21-23-25-27-29-31-56-36-37(57-32-30-28-26-24-22-20-18-16-14-12-10-8-6-4-2)33-48-46-43(54)42(53)45(39(35-50)58-46)60-47-44(55)41(52)40(51)38(34-49)59-47/h37-55H,3-36H2,1-2H3/t37?,38-,39-,40+,41+,42-,43-,44-,45-,46-,47+/m1/s1. The fourth-order valence-corrected chi connectivity index (χ4v) is 8.33. The van der Waals surface area contributed by atoms with Crippen LogP contribution >= 0.6 is 0 Å². The van der Waals surface area contributed by atoms with E-state index in [4.69, 9.17) is 23.7 Å². The Bertz CT molecular complexity index is 950. The van der Waals surface area contributed by atoms with Gasteiger partial charge in [-0.25, -0.2) is 0 Å². The minimum absolute atomic E-state index is 0.266. The second kappa shape index (κ2) is 36.8. The Hall–Kier alpha value is -0.520. The van der Waals surface area contributed by atoms with Gasteiger partial charge in [-0.15, -0.1) is 0 Å². The molecule has 8 N–H and O–H groups in total. The van der Waals surface area contributed by atoms with Gasteiger partial charge < -0.3 is 59.4 Å². The van der Waals surface area contributed by atoms with E-state index in [-0.39, 0.29) is 12.6 Å². The summed E-state index contributed by atoms with van der Waals surface area (Å²) in [5.74, 6) is 0. The molecule has 2 rings (SSSR count). The Kier molecular flexibility index (Phi) is 34.1. The van der Waals surface area contributed by atoms with E-state index in [9.17, 15) is 35.7 Å². The van der Waals surface area contributed by atoms with Crippen molar-refractivity contribution in [1.82, 2.24) is 5.32 Å². The maximum absolute atomic E-state index is 11.1. The van der Waals surface area contributed by atoms with Gasteiger partial charge in [0.1, 0.15) is 55.1 Å². The van der Waals surface area contributed by atoms with Gasteiger partial charge in [-0.2, -0.15) is 0 Å². The highest BCUT2D eigenvalue weighted by atomic mass is 16.7. The van der Waals surface area contributed by atoms with Gasteiger partial charge in [-0.3, -0.25) is 5.32 Å². The number of hydrogen-bond acceptors (Lipinski definition) is 13. The third-order valence-electron chi connectivity index (χ3n) is 12.3. The van der Waals surface area contributed by atoms with Crippen molar-refractivity contribution in [3.05, 3.63) is 0 Å². The molecule has 0 aliphatic carbocycles. The van der Waals surface area contributed by atoms with Gasteiger partial charge in [0.15, 0.2) is 6.29 Å². The predicted molar refractivity (Wildman–Crippen MR) is 236 cm³/mol. The highest BCUT2D eigenvalue weighted by Gasteiger charge is 2.50. The lowest BCUT2D eigenvalue weighted by Crippen LogP contribution is -2.66. The average molecular weight is 864 g/mol. The predicted octanol–water partition coefficient (Wildman–Crippen LogP) is 6.56. The Morgan fingerprint density at radius 3 is 1.35 bits per heavy atom. The summed E-state index contributed by atoms with van der Waals surface area (Å²) in [6.45, 7) is 5.13. The number of aliphatic hydroxyl groups excluding tert-OH is 7. The van der Waals surface area contributed by atoms with Gasteiger partial charge >= 0.3 is 0 Å². The van der Waals surface area contributed by atoms with E-state index in [1.165, 1.54) is 154 Å². The fourth-order valence-electron chi connectivity index (χ4n) is 8.33. The molecule has 2 heterocycles. The summed E-state index contributed by atoms with van der Waals surface area (Å²) in [7, 11) is 0. The molecule has 0 radical (unpaired) electrons. The van der Waals surface area contributed by atoms with Gasteiger partial charge in [-0.05, 0) is 12.8 Å². The quantitative estimate of drug-likeness (QED) is 0.0308. The molecule has 0 aromatic carbocycles. The Morgan fingerprint density at radius 1 is 0.467 bits per heavy atom. The van der Waals surface area contributed by atoms with Crippen molar-refractivity contribution in [3.63, 3.8) is 0 Å². The zero-order valence-corrected chi connectivity index (χ0v) is 38.1. The largest absolute Gasteiger partial charge is 0.394 e. The normalized spacial score (nSPS) is 27.8. The third kappa shape index (κ3) is 24.0. The van der Waals surface area contributed by atoms with Crippen LogP contribution in [0.5, 0.6) is 0 Å². The first kappa shape index (κ1) is 55.6. The number of aliphatic hydroxyl groups is 7. The van der Waals surface area contributed by atoms with Crippen molar-refractivity contribution in [3.8, 4) is 0 Å². The van der Waals surface area contributed by atoms with Gasteiger partial charge in [-0.1, -0.05) is 181 Å². The molecule has 2 aliphatic rings. The van der Waals surface area contributed by atoms with Crippen molar-refractivity contribution in [2.24, 2.45) is 0 Å². The third-order valence-corrected chi connectivity index (χ3v) is 12.3. The summed E-state index contributed by atoms with van der Waals surface area (Å²) in [5, 5.41) is 75.7. The van der Waals surface area contributed by atoms with Crippen molar-refractivity contribution in [2.45, 2.75) is 261 Å². The summed E-state index contributed by atoms with van der Waals surface area (Å²) in [4.78, 5) is 0. The minimum atomic E-state index is -1.72. The molecular weight excluding hydrogens is 771 g/mol. The van der Waals surface area contributed by atoms with Crippen LogP contribution in [-0.4, -0.2) is 143 Å². The fraction of sp³-hybridized carbons (Fsp3) is 1.00. The lowest BCUT2D eigenvalue weighted by atomic mass is 9.96. The number of unbranched alkanes of at least 4 members (excludes halogenated alkanes) is 26. The molecule has 2 saturated heterocycles. The molecule has 60 heavy (non-hydrogen) atoms. The Morgan fingerprint density at radius 2 is 0.900 bits per heavy atom. The number of rotatable bonds is 40. The van der Waals surface area contributed by atoms with Gasteiger partial charge in [0.2, 0.25) is 0 Å². The molecule has 13 heteroatoms. The monoisotopic (exact) mass is 864 g/mol. The lowest BCUT2D eigenvalue weighted by Gasteiger charge is -2.46. The first-order chi connectivity index (χ1) is 29.3. The molecule has 358 valence electrons. The van der Waals surface area contributed by atoms with E-state index >= 15 is 0 Å². The van der Waals surface area contributed by atoms with Crippen LogP contribution in [0.25, 0.3) is 0 Å². The Labute approximate surface area is 364 Å². The number of hydrogen-bond donors (Lipinski definition) is 8. The summed E-state index contributed by atoms with van der Waals surface area (Å²) in [5.41, 5.74) is 0. The van der Waals surface area contributed by atoms with Crippen LogP contribution in [0.15, 0.2) is 0 Å². The van der Waals surface area contributed by atoms with Crippen molar-refractivity contribution in [2.75, 3.05) is 39.6 Å². The molecule has 0 spiro atoms. The molecular formula is C47H93NO12. The molecule has 0 amide bonds. The van der Waals surface area contributed by atoms with Crippen LogP contribution in [0.2, 0.25) is 0 Å². The molecule has 2 aliphatic heterocycles. The maximum atomic E-state index is 11.1. The zero-order valence-electron chi connectivity index (χ0n) is 38.1. The summed E-state index contributed by atoms with van der Waals surface area (Å²) < 4.78 is 29.4. The van der Waals surface area contributed by atoms with Crippen LogP contribution in [-0.2, 0) is 23.7 Å². The summed E-state index contributed by atoms with van der Waals surface area (Å²) >= 11 is 0. The van der Waals surface area contributed by atoms with Crippen LogP contribution in [0.1, 0.15) is 194 Å². The van der Waals surface area contributed by atoms with Gasteiger partial charge in [0.25, 0.3) is 0 Å².